The highest BCUT2D eigenvalue weighted by molar-refractivity contribution is 7.89. The molecular formula is C18H28N4O3S. The molecule has 1 aromatic rings. The lowest BCUT2D eigenvalue weighted by Crippen LogP contribution is -2.52. The number of hydrogen-bond acceptors (Lipinski definition) is 4. The van der Waals surface area contributed by atoms with Crippen LogP contribution in [-0.4, -0.2) is 59.9 Å². The summed E-state index contributed by atoms with van der Waals surface area (Å²) >= 11 is 0. The van der Waals surface area contributed by atoms with Gasteiger partial charge in [-0.3, -0.25) is 9.89 Å². The number of nitrogens with one attached hydrogen (secondary N) is 1. The van der Waals surface area contributed by atoms with E-state index >= 15 is 0 Å². The van der Waals surface area contributed by atoms with Crippen LogP contribution >= 0.6 is 0 Å². The number of aromatic nitrogens is 2. The van der Waals surface area contributed by atoms with Crippen LogP contribution in [0.5, 0.6) is 0 Å². The van der Waals surface area contributed by atoms with Crippen molar-refractivity contribution in [1.29, 1.82) is 0 Å². The number of likely N-dealkylation sites (tertiary alicyclic amines) is 1. The fourth-order valence-electron chi connectivity index (χ4n) is 4.78. The summed E-state index contributed by atoms with van der Waals surface area (Å²) in [7, 11) is -3.62. The Kier molecular flexibility index (Phi) is 4.38. The molecule has 1 N–H and O–H groups in total. The number of H-pyrrole nitrogens is 1. The fourth-order valence-corrected chi connectivity index (χ4v) is 6.64. The van der Waals surface area contributed by atoms with Crippen molar-refractivity contribution in [2.75, 3.05) is 26.2 Å². The second-order valence-electron chi connectivity index (χ2n) is 8.28. The van der Waals surface area contributed by atoms with Crippen LogP contribution in [-0.2, 0) is 14.8 Å². The molecule has 1 aromatic heterocycles. The Morgan fingerprint density at radius 3 is 2.58 bits per heavy atom. The number of hydrogen-bond donors (Lipinski definition) is 1. The third kappa shape index (κ3) is 2.78. The number of rotatable bonds is 4. The first kappa shape index (κ1) is 18.0. The van der Waals surface area contributed by atoms with E-state index in [9.17, 15) is 13.2 Å². The van der Waals surface area contributed by atoms with Crippen molar-refractivity contribution in [2.24, 2.45) is 11.3 Å². The number of piperidine rings is 1. The maximum Gasteiger partial charge on any atom is 0.246 e. The van der Waals surface area contributed by atoms with E-state index < -0.39 is 15.4 Å². The van der Waals surface area contributed by atoms with Gasteiger partial charge in [-0.25, -0.2) is 8.42 Å². The van der Waals surface area contributed by atoms with E-state index in [1.165, 1.54) is 23.6 Å². The van der Waals surface area contributed by atoms with Gasteiger partial charge in [-0.15, -0.1) is 0 Å². The summed E-state index contributed by atoms with van der Waals surface area (Å²) in [5.41, 5.74) is 0.524. The first-order chi connectivity index (χ1) is 12.3. The number of amides is 1. The average Bonchev–Trinajstić information content (AvgIpc) is 3.12. The van der Waals surface area contributed by atoms with Gasteiger partial charge in [0.15, 0.2) is 0 Å². The number of carbonyl (C=O) groups excluding carboxylic acids is 1. The molecule has 1 spiro atoms. The van der Waals surface area contributed by atoms with E-state index in [1.54, 1.807) is 13.8 Å². The minimum absolute atomic E-state index is 0.175. The van der Waals surface area contributed by atoms with Gasteiger partial charge in [0.25, 0.3) is 0 Å². The lowest BCUT2D eigenvalue weighted by atomic mass is 9.77. The average molecular weight is 381 g/mol. The topological polar surface area (TPSA) is 86.4 Å². The van der Waals surface area contributed by atoms with E-state index in [4.69, 9.17) is 0 Å². The van der Waals surface area contributed by atoms with Crippen LogP contribution in [0.25, 0.3) is 0 Å². The molecule has 3 fully saturated rings. The second kappa shape index (κ2) is 6.34. The summed E-state index contributed by atoms with van der Waals surface area (Å²) in [6.45, 7) is 5.82. The van der Waals surface area contributed by atoms with Gasteiger partial charge in [-0.2, -0.15) is 9.40 Å². The molecule has 1 amide bonds. The molecule has 0 radical (unpaired) electrons. The molecule has 1 atom stereocenters. The first-order valence-electron chi connectivity index (χ1n) is 9.65. The highest BCUT2D eigenvalue weighted by Crippen LogP contribution is 2.43. The summed E-state index contributed by atoms with van der Waals surface area (Å²) in [6.07, 6.45) is 6.10. The third-order valence-corrected chi connectivity index (χ3v) is 8.61. The molecular weight excluding hydrogens is 352 g/mol. The van der Waals surface area contributed by atoms with Gasteiger partial charge in [0.05, 0.1) is 16.8 Å². The zero-order valence-corrected chi connectivity index (χ0v) is 16.4. The summed E-state index contributed by atoms with van der Waals surface area (Å²) in [6, 6.07) is 0. The zero-order chi connectivity index (χ0) is 18.5. The molecule has 3 aliphatic rings. The van der Waals surface area contributed by atoms with Crippen molar-refractivity contribution in [2.45, 2.75) is 57.3 Å². The Morgan fingerprint density at radius 2 is 1.96 bits per heavy atom. The molecule has 144 valence electrons. The van der Waals surface area contributed by atoms with Crippen LogP contribution in [0, 0.1) is 25.2 Å². The largest absolute Gasteiger partial charge is 0.342 e. The van der Waals surface area contributed by atoms with Crippen LogP contribution in [0.4, 0.5) is 0 Å². The summed E-state index contributed by atoms with van der Waals surface area (Å²) in [5.74, 6) is 0.820. The third-order valence-electron chi connectivity index (χ3n) is 6.50. The second-order valence-corrected chi connectivity index (χ2v) is 10.2. The van der Waals surface area contributed by atoms with Crippen LogP contribution in [0.15, 0.2) is 4.90 Å². The van der Waals surface area contributed by atoms with E-state index in [1.807, 2.05) is 4.90 Å². The maximum absolute atomic E-state index is 13.2. The highest BCUT2D eigenvalue weighted by Gasteiger charge is 2.51. The Labute approximate surface area is 155 Å². The molecule has 0 bridgehead atoms. The zero-order valence-electron chi connectivity index (χ0n) is 15.6. The van der Waals surface area contributed by atoms with Crippen molar-refractivity contribution in [3.8, 4) is 0 Å². The molecule has 26 heavy (non-hydrogen) atoms. The van der Waals surface area contributed by atoms with Crippen molar-refractivity contribution in [1.82, 2.24) is 19.4 Å². The molecule has 4 rings (SSSR count). The van der Waals surface area contributed by atoms with E-state index in [0.29, 0.717) is 36.8 Å². The van der Waals surface area contributed by atoms with Crippen LogP contribution in [0.1, 0.15) is 49.9 Å². The molecule has 3 heterocycles. The molecule has 0 aromatic carbocycles. The minimum Gasteiger partial charge on any atom is -0.342 e. The fraction of sp³-hybridized carbons (Fsp3) is 0.778. The number of carbonyl (C=O) groups is 1. The monoisotopic (exact) mass is 380 g/mol. The predicted octanol–water partition coefficient (Wildman–Crippen LogP) is 1.83. The first-order valence-corrected chi connectivity index (χ1v) is 11.1. The van der Waals surface area contributed by atoms with Crippen LogP contribution in [0.3, 0.4) is 0 Å². The Morgan fingerprint density at radius 1 is 1.19 bits per heavy atom. The quantitative estimate of drug-likeness (QED) is 0.863. The lowest BCUT2D eigenvalue weighted by molar-refractivity contribution is -0.146. The lowest BCUT2D eigenvalue weighted by Gasteiger charge is -2.42. The standard InChI is InChI=1S/C18H28N4O3S/c1-13-16(14(2)20-19-13)26(24,25)22-10-8-18(12-22)7-4-9-21(17(18)23)11-15-5-3-6-15/h15H,3-12H2,1-2H3,(H,19,20). The minimum atomic E-state index is -3.62. The van der Waals surface area contributed by atoms with Crippen molar-refractivity contribution < 1.29 is 13.2 Å². The molecule has 2 saturated heterocycles. The Bertz CT molecular complexity index is 795. The van der Waals surface area contributed by atoms with Crippen molar-refractivity contribution in [3.63, 3.8) is 0 Å². The SMILES string of the molecule is Cc1n[nH]c(C)c1S(=O)(=O)N1CCC2(CCCN(CC3CCC3)C2=O)C1. The summed E-state index contributed by atoms with van der Waals surface area (Å²) in [4.78, 5) is 15.5. The predicted molar refractivity (Wildman–Crippen MR) is 97.0 cm³/mol. The van der Waals surface area contributed by atoms with E-state index in [2.05, 4.69) is 10.2 Å². The van der Waals surface area contributed by atoms with Crippen molar-refractivity contribution in [3.05, 3.63) is 11.4 Å². The number of aromatic amines is 1. The molecule has 1 aliphatic carbocycles. The van der Waals surface area contributed by atoms with Gasteiger partial charge in [0, 0.05) is 26.2 Å². The van der Waals surface area contributed by atoms with E-state index in [0.717, 1.165) is 25.9 Å². The number of aryl methyl sites for hydroxylation is 2. The van der Waals surface area contributed by atoms with Gasteiger partial charge in [0.1, 0.15) is 4.90 Å². The number of sulfonamides is 1. The van der Waals surface area contributed by atoms with Gasteiger partial charge in [0.2, 0.25) is 15.9 Å². The van der Waals surface area contributed by atoms with E-state index in [-0.39, 0.29) is 10.8 Å². The van der Waals surface area contributed by atoms with Crippen LogP contribution in [0.2, 0.25) is 0 Å². The number of nitrogens with zero attached hydrogens (tertiary/aromatic N) is 3. The summed E-state index contributed by atoms with van der Waals surface area (Å²) in [5, 5.41) is 6.78. The van der Waals surface area contributed by atoms with Gasteiger partial charge in [-0.1, -0.05) is 6.42 Å². The maximum atomic E-state index is 13.2. The molecule has 1 unspecified atom stereocenters. The smallest absolute Gasteiger partial charge is 0.246 e. The Hall–Kier alpha value is -1.41. The molecule has 1 saturated carbocycles. The Balaban J connectivity index is 1.54. The normalized spacial score (nSPS) is 28.1. The van der Waals surface area contributed by atoms with Gasteiger partial charge in [-0.05, 0) is 51.9 Å². The molecule has 7 nitrogen and oxygen atoms in total. The highest BCUT2D eigenvalue weighted by atomic mass is 32.2. The summed E-state index contributed by atoms with van der Waals surface area (Å²) < 4.78 is 27.8. The van der Waals surface area contributed by atoms with Gasteiger partial charge < -0.3 is 4.90 Å². The van der Waals surface area contributed by atoms with Crippen molar-refractivity contribution >= 4 is 15.9 Å². The molecule has 2 aliphatic heterocycles. The van der Waals surface area contributed by atoms with Gasteiger partial charge >= 0.3 is 0 Å². The van der Waals surface area contributed by atoms with Crippen LogP contribution < -0.4 is 0 Å². The molecule has 8 heteroatoms.